The van der Waals surface area contributed by atoms with E-state index in [1.54, 1.807) is 19.1 Å². The molecular formula is C27H34F5NO2S. The molecule has 2 rings (SSSR count). The van der Waals surface area contributed by atoms with Gasteiger partial charge in [0.1, 0.15) is 11.5 Å². The van der Waals surface area contributed by atoms with Crippen molar-refractivity contribution in [2.24, 2.45) is 0 Å². The summed E-state index contributed by atoms with van der Waals surface area (Å²) in [6.45, 7) is 7.18. The number of halogens is 5. The van der Waals surface area contributed by atoms with Crippen molar-refractivity contribution in [3.05, 3.63) is 69.4 Å². The van der Waals surface area contributed by atoms with Crippen molar-refractivity contribution in [2.45, 2.75) is 61.0 Å². The normalized spacial score (nSPS) is 11.0. The Kier molecular flexibility index (Phi) is 20.0. The van der Waals surface area contributed by atoms with Gasteiger partial charge in [-0.1, -0.05) is 37.8 Å². The molecule has 200 valence electrons. The predicted octanol–water partition coefficient (Wildman–Crippen LogP) is 8.42. The van der Waals surface area contributed by atoms with Crippen LogP contribution >= 0.6 is 11.8 Å². The lowest BCUT2D eigenvalue weighted by atomic mass is 10.1. The number of nitrogens with zero attached hydrogens (tertiary/aromatic N) is 1. The molecule has 0 aliphatic rings. The first-order valence-corrected chi connectivity index (χ1v) is 11.8. The van der Waals surface area contributed by atoms with Crippen molar-refractivity contribution in [1.82, 2.24) is 4.98 Å². The summed E-state index contributed by atoms with van der Waals surface area (Å²) in [6.07, 6.45) is 10.00. The van der Waals surface area contributed by atoms with Crippen LogP contribution < -0.4 is 4.74 Å². The van der Waals surface area contributed by atoms with Gasteiger partial charge < -0.3 is 9.84 Å². The van der Waals surface area contributed by atoms with E-state index in [1.165, 1.54) is 30.0 Å². The zero-order valence-corrected chi connectivity index (χ0v) is 22.2. The van der Waals surface area contributed by atoms with Crippen LogP contribution in [-0.4, -0.2) is 29.7 Å². The third-order valence-electron chi connectivity index (χ3n) is 3.86. The number of ether oxygens (including phenoxy) is 1. The van der Waals surface area contributed by atoms with Gasteiger partial charge in [0.15, 0.2) is 5.75 Å². The second-order valence-corrected chi connectivity index (χ2v) is 7.76. The minimum absolute atomic E-state index is 0.0685. The average molecular weight is 532 g/mol. The van der Waals surface area contributed by atoms with E-state index in [4.69, 9.17) is 0 Å². The molecule has 3 nitrogen and oxygen atoms in total. The molecule has 0 aliphatic heterocycles. The minimum Gasteiger partial charge on any atom is -0.432 e. The summed E-state index contributed by atoms with van der Waals surface area (Å²) in [4.78, 5) is 6.20. The molecule has 9 heteroatoms. The van der Waals surface area contributed by atoms with E-state index in [2.05, 4.69) is 22.6 Å². The molecule has 0 fully saturated rings. The molecule has 0 unspecified atom stereocenters. The molecule has 0 spiro atoms. The Morgan fingerprint density at radius 1 is 1.06 bits per heavy atom. The van der Waals surface area contributed by atoms with Gasteiger partial charge in [0.05, 0.1) is 6.61 Å². The predicted molar refractivity (Wildman–Crippen MR) is 140 cm³/mol. The maximum absolute atomic E-state index is 13.8. The van der Waals surface area contributed by atoms with E-state index < -0.39 is 18.9 Å². The number of alkyl halides is 4. The molecule has 1 aromatic carbocycles. The number of pyridine rings is 1. The SMILES string of the molecule is C#C.C/C=C(/CO)S/C(=C\C)Cc1ccc(OC(F)F)c(-c2cc(C)cc(F)c2)n1.CC.CC(F)F. The summed E-state index contributed by atoms with van der Waals surface area (Å²) in [7, 11) is 0. The van der Waals surface area contributed by atoms with Gasteiger partial charge in [-0.3, -0.25) is 0 Å². The zero-order chi connectivity index (χ0) is 28.3. The van der Waals surface area contributed by atoms with Gasteiger partial charge in [0.25, 0.3) is 0 Å². The molecule has 36 heavy (non-hydrogen) atoms. The Morgan fingerprint density at radius 2 is 1.61 bits per heavy atom. The van der Waals surface area contributed by atoms with Crippen LogP contribution in [0, 0.1) is 25.6 Å². The van der Waals surface area contributed by atoms with Crippen LogP contribution in [0.15, 0.2) is 52.3 Å². The summed E-state index contributed by atoms with van der Waals surface area (Å²) in [5.74, 6) is -0.585. The minimum atomic E-state index is -3.01. The fourth-order valence-electron chi connectivity index (χ4n) is 2.58. The number of terminal acetylenes is 1. The second kappa shape index (κ2) is 20.4. The van der Waals surface area contributed by atoms with Gasteiger partial charge in [-0.05, 0) is 68.5 Å². The summed E-state index contributed by atoms with van der Waals surface area (Å²) >= 11 is 1.43. The number of aliphatic hydroxyl groups excluding tert-OH is 1. The van der Waals surface area contributed by atoms with E-state index in [-0.39, 0.29) is 18.1 Å². The number of benzene rings is 1. The standard InChI is InChI=1S/C21H22F3NO2S.C2H4F2.C2H6.C2H2/c1-4-17(28-18(5-2)12-26)11-16-6-7-19(27-21(23)24)20(25-16)14-8-13(3)9-15(22)10-14;1-2(3)4;2*1-2/h4-10,21,26H,11-12H2,1-3H3;2H,1H3;1-2H3;1-2H/b17-4-,18-5-;;;. The molecular weight excluding hydrogens is 497 g/mol. The molecule has 1 N–H and O–H groups in total. The third-order valence-corrected chi connectivity index (χ3v) is 5.13. The van der Waals surface area contributed by atoms with Crippen molar-refractivity contribution in [3.8, 4) is 29.9 Å². The van der Waals surface area contributed by atoms with Gasteiger partial charge in [-0.15, -0.1) is 12.8 Å². The Hall–Kier alpha value is -2.83. The molecule has 0 aliphatic carbocycles. The van der Waals surface area contributed by atoms with Crippen LogP contribution in [0.1, 0.15) is 45.9 Å². The van der Waals surface area contributed by atoms with Crippen molar-refractivity contribution in [1.29, 1.82) is 0 Å². The first kappa shape index (κ1) is 35.3. The fourth-order valence-corrected chi connectivity index (χ4v) is 3.44. The van der Waals surface area contributed by atoms with Gasteiger partial charge >= 0.3 is 6.61 Å². The molecule has 0 saturated carbocycles. The van der Waals surface area contributed by atoms with Crippen LogP contribution in [0.4, 0.5) is 22.0 Å². The highest BCUT2D eigenvalue weighted by molar-refractivity contribution is 8.06. The Bertz CT molecular complexity index is 953. The molecule has 0 amide bonds. The summed E-state index contributed by atoms with van der Waals surface area (Å²) in [5, 5.41) is 9.35. The lowest BCUT2D eigenvalue weighted by Crippen LogP contribution is -2.05. The van der Waals surface area contributed by atoms with Crippen molar-refractivity contribution in [2.75, 3.05) is 6.61 Å². The molecule has 0 radical (unpaired) electrons. The van der Waals surface area contributed by atoms with Crippen LogP contribution in [0.5, 0.6) is 5.75 Å². The number of hydrogen-bond donors (Lipinski definition) is 1. The molecule has 0 saturated heterocycles. The highest BCUT2D eigenvalue weighted by Gasteiger charge is 2.16. The highest BCUT2D eigenvalue weighted by Crippen LogP contribution is 2.33. The molecule has 1 heterocycles. The van der Waals surface area contributed by atoms with Gasteiger partial charge in [0, 0.05) is 22.6 Å². The van der Waals surface area contributed by atoms with Crippen molar-refractivity contribution in [3.63, 3.8) is 0 Å². The first-order chi connectivity index (χ1) is 17.1. The van der Waals surface area contributed by atoms with Gasteiger partial charge in [0.2, 0.25) is 6.43 Å². The van der Waals surface area contributed by atoms with Gasteiger partial charge in [-0.2, -0.15) is 8.78 Å². The number of aliphatic hydroxyl groups is 1. The topological polar surface area (TPSA) is 42.4 Å². The summed E-state index contributed by atoms with van der Waals surface area (Å²) < 4.78 is 64.7. The monoisotopic (exact) mass is 531 g/mol. The number of aryl methyl sites for hydroxylation is 1. The maximum Gasteiger partial charge on any atom is 0.387 e. The lowest BCUT2D eigenvalue weighted by molar-refractivity contribution is -0.0496. The fraction of sp³-hybridized carbons (Fsp3) is 0.370. The molecule has 2 aromatic rings. The third kappa shape index (κ3) is 14.5. The smallest absolute Gasteiger partial charge is 0.387 e. The van der Waals surface area contributed by atoms with Crippen LogP contribution in [0.2, 0.25) is 0 Å². The van der Waals surface area contributed by atoms with E-state index in [9.17, 15) is 27.1 Å². The quantitative estimate of drug-likeness (QED) is 0.274. The van der Waals surface area contributed by atoms with E-state index in [0.29, 0.717) is 23.2 Å². The average Bonchev–Trinajstić information content (AvgIpc) is 2.83. The second-order valence-electron chi connectivity index (χ2n) is 6.51. The number of thioether (sulfide) groups is 1. The van der Waals surface area contributed by atoms with Crippen molar-refractivity contribution >= 4 is 11.8 Å². The van der Waals surface area contributed by atoms with E-state index in [1.807, 2.05) is 39.8 Å². The molecule has 0 bridgehead atoms. The largest absolute Gasteiger partial charge is 0.432 e. The Labute approximate surface area is 215 Å². The van der Waals surface area contributed by atoms with Crippen LogP contribution in [0.25, 0.3) is 11.3 Å². The first-order valence-electron chi connectivity index (χ1n) is 11.0. The number of aromatic nitrogens is 1. The van der Waals surface area contributed by atoms with Crippen LogP contribution in [0.3, 0.4) is 0 Å². The van der Waals surface area contributed by atoms with E-state index >= 15 is 0 Å². The number of rotatable bonds is 8. The van der Waals surface area contributed by atoms with Crippen LogP contribution in [-0.2, 0) is 6.42 Å². The zero-order valence-electron chi connectivity index (χ0n) is 21.4. The lowest BCUT2D eigenvalue weighted by Gasteiger charge is -2.14. The summed E-state index contributed by atoms with van der Waals surface area (Å²) in [5.41, 5.74) is 1.80. The van der Waals surface area contributed by atoms with Crippen molar-refractivity contribution < 1.29 is 31.8 Å². The van der Waals surface area contributed by atoms with E-state index in [0.717, 1.165) is 16.7 Å². The Balaban J connectivity index is 0. The molecule has 0 atom stereocenters. The highest BCUT2D eigenvalue weighted by atomic mass is 32.2. The number of hydrogen-bond acceptors (Lipinski definition) is 4. The molecule has 1 aromatic heterocycles. The number of allylic oxidation sites excluding steroid dienone is 3. The summed E-state index contributed by atoms with van der Waals surface area (Å²) in [6, 6.07) is 7.29. The maximum atomic E-state index is 13.8. The Morgan fingerprint density at radius 3 is 2.06 bits per heavy atom. The van der Waals surface area contributed by atoms with Gasteiger partial charge in [-0.25, -0.2) is 18.2 Å².